The van der Waals surface area contributed by atoms with Gasteiger partial charge in [-0.05, 0) is 45.0 Å². The summed E-state index contributed by atoms with van der Waals surface area (Å²) < 4.78 is 39.6. The van der Waals surface area contributed by atoms with Crippen molar-refractivity contribution in [3.05, 3.63) is 53.6 Å². The van der Waals surface area contributed by atoms with E-state index in [1.165, 1.54) is 18.3 Å². The third-order valence-electron chi connectivity index (χ3n) is 2.80. The number of halogens is 3. The lowest BCUT2D eigenvalue weighted by Gasteiger charge is -2.20. The molecule has 0 fully saturated rings. The molecule has 2 rings (SSSR count). The zero-order valence-corrected chi connectivity index (χ0v) is 12.9. The number of hydrogen-bond donors (Lipinski definition) is 2. The van der Waals surface area contributed by atoms with Gasteiger partial charge in [0.2, 0.25) is 0 Å². The van der Waals surface area contributed by atoms with Gasteiger partial charge in [0, 0.05) is 5.54 Å². The van der Waals surface area contributed by atoms with Crippen LogP contribution in [0.2, 0.25) is 0 Å². The Labute approximate surface area is 131 Å². The maximum absolute atomic E-state index is 13.6. The molecule has 23 heavy (non-hydrogen) atoms. The summed E-state index contributed by atoms with van der Waals surface area (Å²) in [5.74, 6) is -4.48. The Morgan fingerprint density at radius 1 is 1.04 bits per heavy atom. The van der Waals surface area contributed by atoms with Crippen molar-refractivity contribution in [3.63, 3.8) is 0 Å². The number of benzene rings is 1. The number of nitrogens with one attached hydrogen (secondary N) is 2. The van der Waals surface area contributed by atoms with E-state index in [1.54, 1.807) is 0 Å². The number of amides is 1. The van der Waals surface area contributed by atoms with Crippen LogP contribution in [-0.2, 0) is 0 Å². The Bertz CT molecular complexity index is 725. The number of rotatable bonds is 3. The molecule has 2 aromatic rings. The molecule has 2 N–H and O–H groups in total. The van der Waals surface area contributed by atoms with Crippen molar-refractivity contribution in [1.82, 2.24) is 10.3 Å². The first kappa shape index (κ1) is 16.8. The van der Waals surface area contributed by atoms with Crippen LogP contribution in [0, 0.1) is 17.5 Å². The Hall–Kier alpha value is -2.57. The average Bonchev–Trinajstić information content (AvgIpc) is 2.47. The lowest BCUT2D eigenvalue weighted by molar-refractivity contribution is 0.0914. The van der Waals surface area contributed by atoms with E-state index in [-0.39, 0.29) is 17.3 Å². The van der Waals surface area contributed by atoms with Gasteiger partial charge in [-0.3, -0.25) is 4.79 Å². The van der Waals surface area contributed by atoms with Crippen molar-refractivity contribution in [2.45, 2.75) is 26.3 Å². The number of carbonyl (C=O) groups is 1. The first-order chi connectivity index (χ1) is 10.7. The molecule has 0 unspecified atom stereocenters. The summed E-state index contributed by atoms with van der Waals surface area (Å²) in [5.41, 5.74) is -0.0965. The van der Waals surface area contributed by atoms with Gasteiger partial charge in [0.25, 0.3) is 5.91 Å². The molecule has 1 heterocycles. The maximum atomic E-state index is 13.6. The maximum Gasteiger partial charge on any atom is 0.270 e. The molecule has 4 nitrogen and oxygen atoms in total. The van der Waals surface area contributed by atoms with Crippen LogP contribution >= 0.6 is 0 Å². The van der Waals surface area contributed by atoms with E-state index in [9.17, 15) is 18.0 Å². The highest BCUT2D eigenvalue weighted by molar-refractivity contribution is 5.92. The topological polar surface area (TPSA) is 54.0 Å². The first-order valence-corrected chi connectivity index (χ1v) is 6.86. The van der Waals surface area contributed by atoms with Crippen molar-refractivity contribution < 1.29 is 18.0 Å². The fourth-order valence-electron chi connectivity index (χ4n) is 1.78. The quantitative estimate of drug-likeness (QED) is 0.846. The molecule has 0 spiro atoms. The third kappa shape index (κ3) is 4.21. The summed E-state index contributed by atoms with van der Waals surface area (Å²) >= 11 is 0. The molecule has 0 aliphatic carbocycles. The van der Waals surface area contributed by atoms with Gasteiger partial charge < -0.3 is 10.6 Å². The van der Waals surface area contributed by atoms with Crippen molar-refractivity contribution in [3.8, 4) is 0 Å². The lowest BCUT2D eigenvalue weighted by atomic mass is 10.1. The van der Waals surface area contributed by atoms with E-state index < -0.39 is 23.0 Å². The zero-order chi connectivity index (χ0) is 17.2. The summed E-state index contributed by atoms with van der Waals surface area (Å²) in [7, 11) is 0. The number of aromatic nitrogens is 1. The van der Waals surface area contributed by atoms with Crippen LogP contribution in [0.25, 0.3) is 0 Å². The Kier molecular flexibility index (Phi) is 4.58. The summed E-state index contributed by atoms with van der Waals surface area (Å²) in [6.07, 6.45) is 1.30. The van der Waals surface area contributed by atoms with E-state index in [4.69, 9.17) is 0 Å². The highest BCUT2D eigenvalue weighted by atomic mass is 19.2. The molecule has 0 saturated heterocycles. The number of carbonyl (C=O) groups excluding carboxylic acids is 1. The largest absolute Gasteiger partial charge is 0.352 e. The average molecular weight is 323 g/mol. The molecule has 1 amide bonds. The monoisotopic (exact) mass is 323 g/mol. The van der Waals surface area contributed by atoms with Crippen LogP contribution in [0.5, 0.6) is 0 Å². The Morgan fingerprint density at radius 3 is 2.30 bits per heavy atom. The summed E-state index contributed by atoms with van der Waals surface area (Å²) in [6.45, 7) is 5.52. The molecule has 0 bridgehead atoms. The van der Waals surface area contributed by atoms with Crippen molar-refractivity contribution in [2.75, 3.05) is 5.32 Å². The molecule has 122 valence electrons. The standard InChI is InChI=1S/C16H16F3N3O/c1-16(2,3)22-15(23)12-6-4-9(8-20-12)21-11-7-5-10(17)13(18)14(11)19/h4-8,21H,1-3H3,(H,22,23). The number of hydrogen-bond acceptors (Lipinski definition) is 3. The second kappa shape index (κ2) is 6.28. The van der Waals surface area contributed by atoms with Gasteiger partial charge in [-0.2, -0.15) is 0 Å². The van der Waals surface area contributed by atoms with Gasteiger partial charge in [-0.15, -0.1) is 0 Å². The van der Waals surface area contributed by atoms with Crippen LogP contribution < -0.4 is 10.6 Å². The van der Waals surface area contributed by atoms with Crippen LogP contribution in [0.3, 0.4) is 0 Å². The minimum atomic E-state index is -1.55. The lowest BCUT2D eigenvalue weighted by Crippen LogP contribution is -2.40. The molecule has 0 radical (unpaired) electrons. The van der Waals surface area contributed by atoms with Crippen LogP contribution in [-0.4, -0.2) is 16.4 Å². The van der Waals surface area contributed by atoms with Gasteiger partial charge in [-0.1, -0.05) is 0 Å². The van der Waals surface area contributed by atoms with Crippen molar-refractivity contribution in [2.24, 2.45) is 0 Å². The summed E-state index contributed by atoms with van der Waals surface area (Å²) in [5, 5.41) is 5.33. The van der Waals surface area contributed by atoms with Gasteiger partial charge in [0.1, 0.15) is 5.69 Å². The first-order valence-electron chi connectivity index (χ1n) is 6.86. The highest BCUT2D eigenvalue weighted by Gasteiger charge is 2.17. The van der Waals surface area contributed by atoms with Gasteiger partial charge in [-0.25, -0.2) is 18.2 Å². The highest BCUT2D eigenvalue weighted by Crippen LogP contribution is 2.23. The Balaban J connectivity index is 2.15. The number of anilines is 2. The fraction of sp³-hybridized carbons (Fsp3) is 0.250. The number of nitrogens with zero attached hydrogens (tertiary/aromatic N) is 1. The predicted molar refractivity (Wildman–Crippen MR) is 81.1 cm³/mol. The molecular formula is C16H16F3N3O. The predicted octanol–water partition coefficient (Wildman–Crippen LogP) is 3.77. The second-order valence-corrected chi connectivity index (χ2v) is 5.98. The van der Waals surface area contributed by atoms with Gasteiger partial charge in [0.05, 0.1) is 17.6 Å². The molecule has 0 atom stereocenters. The molecule has 0 aliphatic heterocycles. The van der Waals surface area contributed by atoms with Crippen LogP contribution in [0.1, 0.15) is 31.3 Å². The fourth-order valence-corrected chi connectivity index (χ4v) is 1.78. The van der Waals surface area contributed by atoms with E-state index >= 15 is 0 Å². The minimum absolute atomic E-state index is 0.191. The molecule has 0 saturated carbocycles. The molecule has 7 heteroatoms. The smallest absolute Gasteiger partial charge is 0.270 e. The van der Waals surface area contributed by atoms with Gasteiger partial charge in [0.15, 0.2) is 17.5 Å². The third-order valence-corrected chi connectivity index (χ3v) is 2.80. The van der Waals surface area contributed by atoms with E-state index in [2.05, 4.69) is 15.6 Å². The van der Waals surface area contributed by atoms with E-state index in [1.807, 2.05) is 20.8 Å². The molecule has 1 aromatic carbocycles. The normalized spacial score (nSPS) is 11.2. The summed E-state index contributed by atoms with van der Waals surface area (Å²) in [6, 6.07) is 4.83. The van der Waals surface area contributed by atoms with Gasteiger partial charge >= 0.3 is 0 Å². The zero-order valence-electron chi connectivity index (χ0n) is 12.9. The second-order valence-electron chi connectivity index (χ2n) is 5.98. The SMILES string of the molecule is CC(C)(C)NC(=O)c1ccc(Nc2ccc(F)c(F)c2F)cn1. The summed E-state index contributed by atoms with van der Waals surface area (Å²) in [4.78, 5) is 15.9. The Morgan fingerprint density at radius 2 is 1.74 bits per heavy atom. The van der Waals surface area contributed by atoms with Crippen molar-refractivity contribution in [1.29, 1.82) is 0 Å². The van der Waals surface area contributed by atoms with E-state index in [0.717, 1.165) is 12.1 Å². The van der Waals surface area contributed by atoms with Crippen LogP contribution in [0.4, 0.5) is 24.5 Å². The van der Waals surface area contributed by atoms with Crippen molar-refractivity contribution >= 4 is 17.3 Å². The molecule has 0 aliphatic rings. The van der Waals surface area contributed by atoms with Crippen LogP contribution in [0.15, 0.2) is 30.5 Å². The van der Waals surface area contributed by atoms with E-state index in [0.29, 0.717) is 5.69 Å². The number of pyridine rings is 1. The molecule has 1 aromatic heterocycles. The molecular weight excluding hydrogens is 307 g/mol. The minimum Gasteiger partial charge on any atom is -0.352 e.